The predicted octanol–water partition coefficient (Wildman–Crippen LogP) is 3.45. The first-order valence-corrected chi connectivity index (χ1v) is 10.7. The van der Waals surface area contributed by atoms with E-state index in [9.17, 15) is 0 Å². The minimum Gasteiger partial charge on any atom is -0.341 e. The summed E-state index contributed by atoms with van der Waals surface area (Å²) in [5.41, 5.74) is 5.79. The van der Waals surface area contributed by atoms with Gasteiger partial charge in [-0.1, -0.05) is 24.3 Å². The van der Waals surface area contributed by atoms with Crippen molar-refractivity contribution in [2.45, 2.75) is 52.5 Å². The second-order valence-corrected chi connectivity index (χ2v) is 8.99. The van der Waals surface area contributed by atoms with E-state index in [4.69, 9.17) is 0 Å². The van der Waals surface area contributed by atoms with Gasteiger partial charge in [-0.2, -0.15) is 5.10 Å². The first-order chi connectivity index (χ1) is 14.0. The van der Waals surface area contributed by atoms with Crippen molar-refractivity contribution in [2.75, 3.05) is 18.0 Å². The topological polar surface area (TPSA) is 51.8 Å². The fourth-order valence-electron chi connectivity index (χ4n) is 5.21. The van der Waals surface area contributed by atoms with E-state index in [-0.39, 0.29) is 0 Å². The number of rotatable bonds is 3. The number of anilines is 1. The normalized spacial score (nSPS) is 18.2. The molecule has 1 fully saturated rings. The second kappa shape index (κ2) is 7.01. The molecule has 3 heterocycles. The van der Waals surface area contributed by atoms with E-state index >= 15 is 0 Å². The van der Waals surface area contributed by atoms with Crippen LogP contribution in [-0.4, -0.2) is 37.6 Å². The lowest BCUT2D eigenvalue weighted by molar-refractivity contribution is 0.186. The van der Waals surface area contributed by atoms with Gasteiger partial charge in [0.25, 0.3) is 0 Å². The maximum absolute atomic E-state index is 4.57. The molecular formula is C23H30N6. The van der Waals surface area contributed by atoms with Crippen LogP contribution < -0.4 is 4.90 Å². The molecule has 5 rings (SSSR count). The van der Waals surface area contributed by atoms with Gasteiger partial charge in [0.1, 0.15) is 6.54 Å². The minimum atomic E-state index is 0.468. The van der Waals surface area contributed by atoms with Crippen molar-refractivity contribution in [2.24, 2.45) is 12.5 Å². The highest BCUT2D eigenvalue weighted by Crippen LogP contribution is 2.43. The van der Waals surface area contributed by atoms with E-state index in [1.807, 2.05) is 11.6 Å². The van der Waals surface area contributed by atoms with E-state index < -0.39 is 0 Å². The van der Waals surface area contributed by atoms with Crippen LogP contribution in [0.4, 0.5) is 5.95 Å². The largest absolute Gasteiger partial charge is 0.341 e. The Morgan fingerprint density at radius 3 is 2.48 bits per heavy atom. The Kier molecular flexibility index (Phi) is 4.45. The number of piperidine rings is 1. The van der Waals surface area contributed by atoms with Crippen LogP contribution in [0, 0.1) is 19.3 Å². The number of fused-ring (bicyclic) bond motifs is 1. The van der Waals surface area contributed by atoms with E-state index in [0.29, 0.717) is 12.0 Å². The van der Waals surface area contributed by atoms with Crippen LogP contribution in [0.15, 0.2) is 30.3 Å². The minimum absolute atomic E-state index is 0.468. The molecule has 2 aromatic heterocycles. The summed E-state index contributed by atoms with van der Waals surface area (Å²) < 4.78 is 4.15. The third-order valence-corrected chi connectivity index (χ3v) is 7.05. The van der Waals surface area contributed by atoms with Gasteiger partial charge in [0.15, 0.2) is 5.82 Å². The number of nitrogens with zero attached hydrogens (tertiary/aromatic N) is 6. The molecule has 3 aromatic rings. The quantitative estimate of drug-likeness (QED) is 0.687. The average molecular weight is 391 g/mol. The molecule has 1 spiro atoms. The van der Waals surface area contributed by atoms with Gasteiger partial charge in [-0.3, -0.25) is 9.25 Å². The highest BCUT2D eigenvalue weighted by atomic mass is 15.4. The molecule has 6 heteroatoms. The first kappa shape index (κ1) is 18.4. The summed E-state index contributed by atoms with van der Waals surface area (Å²) in [6.45, 7) is 6.91. The summed E-state index contributed by atoms with van der Waals surface area (Å²) in [6, 6.07) is 11.1. The third kappa shape index (κ3) is 3.34. The van der Waals surface area contributed by atoms with Gasteiger partial charge in [-0.25, -0.2) is 0 Å². The zero-order valence-electron chi connectivity index (χ0n) is 17.7. The van der Waals surface area contributed by atoms with Gasteiger partial charge in [-0.15, -0.1) is 10.2 Å². The Balaban J connectivity index is 1.28. The Hall–Kier alpha value is -2.63. The first-order valence-electron chi connectivity index (χ1n) is 10.7. The smallest absolute Gasteiger partial charge is 0.227 e. The maximum atomic E-state index is 4.57. The fraction of sp³-hybridized carbons (Fsp3) is 0.522. The predicted molar refractivity (Wildman–Crippen MR) is 114 cm³/mol. The monoisotopic (exact) mass is 390 g/mol. The van der Waals surface area contributed by atoms with Crippen molar-refractivity contribution in [1.29, 1.82) is 0 Å². The molecule has 0 atom stereocenters. The van der Waals surface area contributed by atoms with Crippen LogP contribution >= 0.6 is 0 Å². The molecule has 0 bridgehead atoms. The van der Waals surface area contributed by atoms with Crippen LogP contribution in [0.25, 0.3) is 0 Å². The molecular weight excluding hydrogens is 360 g/mol. The molecule has 152 valence electrons. The van der Waals surface area contributed by atoms with Crippen LogP contribution in [0.5, 0.6) is 0 Å². The third-order valence-electron chi connectivity index (χ3n) is 7.05. The Morgan fingerprint density at radius 1 is 1.00 bits per heavy atom. The van der Waals surface area contributed by atoms with E-state index in [1.54, 1.807) is 11.1 Å². The van der Waals surface area contributed by atoms with E-state index in [1.165, 1.54) is 32.1 Å². The molecule has 2 aliphatic rings. The van der Waals surface area contributed by atoms with Gasteiger partial charge >= 0.3 is 0 Å². The van der Waals surface area contributed by atoms with Gasteiger partial charge in [0.05, 0.1) is 5.69 Å². The van der Waals surface area contributed by atoms with E-state index in [0.717, 1.165) is 36.3 Å². The number of aromatic nitrogens is 5. The van der Waals surface area contributed by atoms with Crippen LogP contribution in [0.2, 0.25) is 0 Å². The number of hydrogen-bond acceptors (Lipinski definition) is 4. The van der Waals surface area contributed by atoms with Crippen molar-refractivity contribution in [3.05, 3.63) is 58.7 Å². The lowest BCUT2D eigenvalue weighted by Gasteiger charge is -2.45. The molecule has 29 heavy (non-hydrogen) atoms. The Morgan fingerprint density at radius 2 is 1.76 bits per heavy atom. The molecule has 1 saturated heterocycles. The lowest BCUT2D eigenvalue weighted by Crippen LogP contribution is -2.43. The molecule has 0 amide bonds. The summed E-state index contributed by atoms with van der Waals surface area (Å²) in [7, 11) is 2.08. The fourth-order valence-corrected chi connectivity index (χ4v) is 5.21. The molecule has 1 aliphatic heterocycles. The molecule has 1 aromatic carbocycles. The summed E-state index contributed by atoms with van der Waals surface area (Å²) in [5.74, 6) is 1.95. The molecule has 0 saturated carbocycles. The standard InChI is InChI=1S/C23H30N6/c1-17-14-18(2)29(26-17)16-21-24-25-22(27(21)3)28-12-10-23(11-13-28)9-8-19-6-4-5-7-20(19)15-23/h4-7,14H,8-13,15-16H2,1-3H3. The van der Waals surface area contributed by atoms with Gasteiger partial charge in [0.2, 0.25) is 5.95 Å². The average Bonchev–Trinajstić information content (AvgIpc) is 3.24. The van der Waals surface area contributed by atoms with Gasteiger partial charge < -0.3 is 4.90 Å². The lowest BCUT2D eigenvalue weighted by atomic mass is 9.66. The van der Waals surface area contributed by atoms with Crippen molar-refractivity contribution >= 4 is 5.95 Å². The molecule has 6 nitrogen and oxygen atoms in total. The second-order valence-electron chi connectivity index (χ2n) is 8.99. The highest BCUT2D eigenvalue weighted by Gasteiger charge is 2.38. The molecule has 0 unspecified atom stereocenters. The SMILES string of the molecule is Cc1cc(C)n(Cc2nnc(N3CCC4(CCc5ccccc5C4)CC3)n2C)n1. The Labute approximate surface area is 172 Å². The Bertz CT molecular complexity index is 1020. The number of benzene rings is 1. The van der Waals surface area contributed by atoms with E-state index in [2.05, 4.69) is 69.1 Å². The molecule has 1 aliphatic carbocycles. The number of hydrogen-bond donors (Lipinski definition) is 0. The molecule has 0 N–H and O–H groups in total. The maximum Gasteiger partial charge on any atom is 0.227 e. The van der Waals surface area contributed by atoms with Crippen LogP contribution in [0.3, 0.4) is 0 Å². The van der Waals surface area contributed by atoms with Crippen molar-refractivity contribution in [1.82, 2.24) is 24.5 Å². The number of aryl methyl sites for hydroxylation is 3. The summed E-state index contributed by atoms with van der Waals surface area (Å²) in [5, 5.41) is 13.6. The van der Waals surface area contributed by atoms with Gasteiger partial charge in [0, 0.05) is 25.8 Å². The van der Waals surface area contributed by atoms with Crippen LogP contribution in [-0.2, 0) is 26.4 Å². The highest BCUT2D eigenvalue weighted by molar-refractivity contribution is 5.35. The van der Waals surface area contributed by atoms with Crippen molar-refractivity contribution < 1.29 is 0 Å². The van der Waals surface area contributed by atoms with Crippen LogP contribution in [0.1, 0.15) is 47.6 Å². The summed E-state index contributed by atoms with van der Waals surface area (Å²) >= 11 is 0. The molecule has 0 radical (unpaired) electrons. The summed E-state index contributed by atoms with van der Waals surface area (Å²) in [6.07, 6.45) is 6.26. The van der Waals surface area contributed by atoms with Crippen molar-refractivity contribution in [3.63, 3.8) is 0 Å². The zero-order chi connectivity index (χ0) is 20.0. The zero-order valence-corrected chi connectivity index (χ0v) is 17.7. The van der Waals surface area contributed by atoms with Gasteiger partial charge in [-0.05, 0) is 68.6 Å². The summed E-state index contributed by atoms with van der Waals surface area (Å²) in [4.78, 5) is 2.42. The van der Waals surface area contributed by atoms with Crippen molar-refractivity contribution in [3.8, 4) is 0 Å².